The van der Waals surface area contributed by atoms with Crippen molar-refractivity contribution in [3.05, 3.63) is 41.4 Å². The second kappa shape index (κ2) is 6.00. The molecule has 96 valence electrons. The fraction of sp³-hybridized carbons (Fsp3) is 0.308. The Bertz CT molecular complexity index is 496. The number of likely N-dealkylation sites (N-methyl/N-ethyl adjacent to an activating group) is 1. The first-order valence-electron chi connectivity index (χ1n) is 5.69. The Morgan fingerprint density at radius 1 is 1.33 bits per heavy atom. The Balaban J connectivity index is 2.08. The smallest absolute Gasteiger partial charge is 0.209 e. The fourth-order valence-electron chi connectivity index (χ4n) is 1.61. The predicted octanol–water partition coefficient (Wildman–Crippen LogP) is 2.42. The summed E-state index contributed by atoms with van der Waals surface area (Å²) >= 11 is 5.83. The Morgan fingerprint density at radius 3 is 2.72 bits per heavy atom. The van der Waals surface area contributed by atoms with Crippen molar-refractivity contribution in [2.75, 3.05) is 20.2 Å². The van der Waals surface area contributed by atoms with Gasteiger partial charge in [0.15, 0.2) is 5.76 Å². The minimum Gasteiger partial charge on any atom is -0.439 e. The monoisotopic (exact) mass is 266 g/mol. The van der Waals surface area contributed by atoms with Gasteiger partial charge in [-0.05, 0) is 31.3 Å². The average molecular weight is 267 g/mol. The summed E-state index contributed by atoms with van der Waals surface area (Å²) in [5.41, 5.74) is 0.947. The van der Waals surface area contributed by atoms with Crippen LogP contribution in [0.5, 0.6) is 0 Å². The highest BCUT2D eigenvalue weighted by Crippen LogP contribution is 2.22. The zero-order chi connectivity index (χ0) is 13.0. The van der Waals surface area contributed by atoms with Crippen LogP contribution in [0, 0.1) is 0 Å². The summed E-state index contributed by atoms with van der Waals surface area (Å²) in [6.07, 6.45) is 1.70. The largest absolute Gasteiger partial charge is 0.439 e. The van der Waals surface area contributed by atoms with Crippen LogP contribution in [0.25, 0.3) is 11.3 Å². The van der Waals surface area contributed by atoms with Crippen LogP contribution in [0.2, 0.25) is 5.02 Å². The van der Waals surface area contributed by atoms with Crippen LogP contribution in [-0.4, -0.2) is 35.2 Å². The van der Waals surface area contributed by atoms with Gasteiger partial charge in [-0.2, -0.15) is 0 Å². The van der Waals surface area contributed by atoms with Crippen molar-refractivity contribution in [3.63, 3.8) is 0 Å². The quantitative estimate of drug-likeness (QED) is 0.903. The molecule has 0 saturated heterocycles. The van der Waals surface area contributed by atoms with E-state index < -0.39 is 0 Å². The second-order valence-electron chi connectivity index (χ2n) is 4.09. The number of hydrogen-bond acceptors (Lipinski definition) is 4. The van der Waals surface area contributed by atoms with Gasteiger partial charge >= 0.3 is 0 Å². The van der Waals surface area contributed by atoms with Crippen molar-refractivity contribution in [2.24, 2.45) is 0 Å². The number of aliphatic hydroxyl groups excluding tert-OH is 1. The number of aromatic nitrogens is 1. The molecule has 0 atom stereocenters. The molecule has 0 aliphatic carbocycles. The van der Waals surface area contributed by atoms with Crippen LogP contribution >= 0.6 is 11.6 Å². The standard InChI is InChI=1S/C13H15ClN2O2/c1-16(6-7-17)9-13-15-8-12(18-13)10-2-4-11(14)5-3-10/h2-5,8,17H,6-7,9H2,1H3. The molecular formula is C13H15ClN2O2. The molecule has 1 N–H and O–H groups in total. The molecule has 1 heterocycles. The SMILES string of the molecule is CN(CCO)Cc1ncc(-c2ccc(Cl)cc2)o1. The Kier molecular flexibility index (Phi) is 4.36. The topological polar surface area (TPSA) is 49.5 Å². The van der Waals surface area contributed by atoms with Gasteiger partial charge in [-0.25, -0.2) is 4.98 Å². The number of nitrogens with zero attached hydrogens (tertiary/aromatic N) is 2. The molecule has 0 fully saturated rings. The molecule has 1 aromatic heterocycles. The predicted molar refractivity (Wildman–Crippen MR) is 70.4 cm³/mol. The van der Waals surface area contributed by atoms with Gasteiger partial charge in [0, 0.05) is 17.1 Å². The zero-order valence-electron chi connectivity index (χ0n) is 10.1. The number of rotatable bonds is 5. The lowest BCUT2D eigenvalue weighted by Crippen LogP contribution is -2.21. The summed E-state index contributed by atoms with van der Waals surface area (Å²) in [6.45, 7) is 1.30. The summed E-state index contributed by atoms with van der Waals surface area (Å²) < 4.78 is 5.65. The van der Waals surface area contributed by atoms with E-state index in [1.54, 1.807) is 6.20 Å². The molecule has 5 heteroatoms. The minimum atomic E-state index is 0.126. The van der Waals surface area contributed by atoms with E-state index in [9.17, 15) is 0 Å². The highest BCUT2D eigenvalue weighted by molar-refractivity contribution is 6.30. The van der Waals surface area contributed by atoms with Gasteiger partial charge in [0.1, 0.15) is 0 Å². The molecule has 1 aromatic carbocycles. The molecule has 2 aromatic rings. The average Bonchev–Trinajstić information content (AvgIpc) is 2.78. The van der Waals surface area contributed by atoms with Gasteiger partial charge in [-0.15, -0.1) is 0 Å². The van der Waals surface area contributed by atoms with Crippen molar-refractivity contribution in [3.8, 4) is 11.3 Å². The van der Waals surface area contributed by atoms with Gasteiger partial charge in [-0.3, -0.25) is 4.90 Å². The Morgan fingerprint density at radius 2 is 2.06 bits per heavy atom. The first-order valence-corrected chi connectivity index (χ1v) is 6.07. The molecule has 18 heavy (non-hydrogen) atoms. The maximum Gasteiger partial charge on any atom is 0.209 e. The van der Waals surface area contributed by atoms with Crippen LogP contribution in [-0.2, 0) is 6.54 Å². The minimum absolute atomic E-state index is 0.126. The molecule has 2 rings (SSSR count). The van der Waals surface area contributed by atoms with Crippen LogP contribution in [0.1, 0.15) is 5.89 Å². The van der Waals surface area contributed by atoms with Gasteiger partial charge < -0.3 is 9.52 Å². The first kappa shape index (κ1) is 13.1. The molecule has 0 saturated carbocycles. The van der Waals surface area contributed by atoms with E-state index in [-0.39, 0.29) is 6.61 Å². The van der Waals surface area contributed by atoms with Crippen molar-refractivity contribution < 1.29 is 9.52 Å². The molecule has 0 aliphatic rings. The van der Waals surface area contributed by atoms with E-state index in [4.69, 9.17) is 21.1 Å². The van der Waals surface area contributed by atoms with E-state index in [2.05, 4.69) is 4.98 Å². The van der Waals surface area contributed by atoms with Crippen LogP contribution < -0.4 is 0 Å². The van der Waals surface area contributed by atoms with E-state index in [1.165, 1.54) is 0 Å². The van der Waals surface area contributed by atoms with Crippen molar-refractivity contribution >= 4 is 11.6 Å². The maximum absolute atomic E-state index is 8.82. The molecule has 0 unspecified atom stereocenters. The van der Waals surface area contributed by atoms with E-state index in [0.29, 0.717) is 24.0 Å². The number of benzene rings is 1. The molecule has 0 aliphatic heterocycles. The van der Waals surface area contributed by atoms with E-state index in [1.807, 2.05) is 36.2 Å². The second-order valence-corrected chi connectivity index (χ2v) is 4.52. The normalized spacial score (nSPS) is 11.1. The number of hydrogen-bond donors (Lipinski definition) is 1. The summed E-state index contributed by atoms with van der Waals surface area (Å²) in [5, 5.41) is 9.51. The molecular weight excluding hydrogens is 252 g/mol. The zero-order valence-corrected chi connectivity index (χ0v) is 10.9. The summed E-state index contributed by atoms with van der Waals surface area (Å²) in [4.78, 5) is 6.16. The van der Waals surface area contributed by atoms with Crippen molar-refractivity contribution in [2.45, 2.75) is 6.54 Å². The van der Waals surface area contributed by atoms with E-state index in [0.717, 1.165) is 11.3 Å². The van der Waals surface area contributed by atoms with Crippen LogP contribution in [0.4, 0.5) is 0 Å². The molecule has 0 amide bonds. The van der Waals surface area contributed by atoms with Crippen molar-refractivity contribution in [1.29, 1.82) is 0 Å². The third-order valence-electron chi connectivity index (χ3n) is 2.57. The third-order valence-corrected chi connectivity index (χ3v) is 2.82. The summed E-state index contributed by atoms with van der Waals surface area (Å²) in [6, 6.07) is 7.42. The van der Waals surface area contributed by atoms with Gasteiger partial charge in [0.2, 0.25) is 5.89 Å². The lowest BCUT2D eigenvalue weighted by molar-refractivity contribution is 0.206. The number of oxazole rings is 1. The first-order chi connectivity index (χ1) is 8.69. The molecule has 0 bridgehead atoms. The number of aliphatic hydroxyl groups is 1. The molecule has 0 radical (unpaired) electrons. The molecule has 0 spiro atoms. The molecule has 4 nitrogen and oxygen atoms in total. The van der Waals surface area contributed by atoms with Gasteiger partial charge in [-0.1, -0.05) is 11.6 Å². The Labute approximate surface area is 111 Å². The summed E-state index contributed by atoms with van der Waals surface area (Å²) in [5.74, 6) is 1.36. The van der Waals surface area contributed by atoms with Gasteiger partial charge in [0.05, 0.1) is 19.3 Å². The Hall–Kier alpha value is -1.36. The third kappa shape index (κ3) is 3.32. The van der Waals surface area contributed by atoms with Crippen LogP contribution in [0.15, 0.2) is 34.9 Å². The van der Waals surface area contributed by atoms with Crippen LogP contribution in [0.3, 0.4) is 0 Å². The highest BCUT2D eigenvalue weighted by Gasteiger charge is 2.08. The lowest BCUT2D eigenvalue weighted by atomic mass is 10.2. The maximum atomic E-state index is 8.82. The lowest BCUT2D eigenvalue weighted by Gasteiger charge is -2.11. The van der Waals surface area contributed by atoms with Crippen molar-refractivity contribution in [1.82, 2.24) is 9.88 Å². The number of halogens is 1. The van der Waals surface area contributed by atoms with E-state index >= 15 is 0 Å². The fourth-order valence-corrected chi connectivity index (χ4v) is 1.74. The highest BCUT2D eigenvalue weighted by atomic mass is 35.5. The summed E-state index contributed by atoms with van der Waals surface area (Å²) in [7, 11) is 1.91. The van der Waals surface area contributed by atoms with Gasteiger partial charge in [0.25, 0.3) is 0 Å².